The zero-order chi connectivity index (χ0) is 26.4. The van der Waals surface area contributed by atoms with Gasteiger partial charge < -0.3 is 14.6 Å². The molecule has 1 aliphatic carbocycles. The van der Waals surface area contributed by atoms with Crippen molar-refractivity contribution in [2.45, 2.75) is 91.7 Å². The molecule has 0 radical (unpaired) electrons. The molecule has 4 aromatic heterocycles. The van der Waals surface area contributed by atoms with Crippen molar-refractivity contribution >= 4 is 33.3 Å². The molecule has 0 aromatic carbocycles. The number of carbonyl (C=O) groups excluding carboxylic acids is 1. The number of aromatic nitrogens is 4. The fraction of sp³-hybridized carbons (Fsp3) is 0.552. The van der Waals surface area contributed by atoms with E-state index in [9.17, 15) is 4.79 Å². The molecule has 2 fully saturated rings. The molecule has 1 N–H and O–H groups in total. The normalized spacial score (nSPS) is 21.8. The summed E-state index contributed by atoms with van der Waals surface area (Å²) >= 11 is 1.92. The lowest BCUT2D eigenvalue weighted by Gasteiger charge is -2.33. The molecule has 7 nitrogen and oxygen atoms in total. The Bertz CT molecular complexity index is 1540. The van der Waals surface area contributed by atoms with Gasteiger partial charge in [0, 0.05) is 40.5 Å². The van der Waals surface area contributed by atoms with E-state index in [0.717, 1.165) is 30.6 Å². The second-order valence-electron chi connectivity index (χ2n) is 12.3. The zero-order valence-electron chi connectivity index (χ0n) is 23.1. The first kappa shape index (κ1) is 24.5. The van der Waals surface area contributed by atoms with E-state index in [1.165, 1.54) is 43.0 Å². The van der Waals surface area contributed by atoms with Crippen LogP contribution in [0.4, 0.5) is 4.79 Å². The summed E-state index contributed by atoms with van der Waals surface area (Å²) in [5.41, 5.74) is 8.04. The van der Waals surface area contributed by atoms with Gasteiger partial charge in [-0.2, -0.15) is 5.10 Å². The van der Waals surface area contributed by atoms with Gasteiger partial charge in [0.15, 0.2) is 5.65 Å². The van der Waals surface area contributed by atoms with Crippen LogP contribution in [0.1, 0.15) is 86.4 Å². The molecule has 1 aliphatic heterocycles. The highest BCUT2D eigenvalue weighted by atomic mass is 32.1. The topological polar surface area (TPSA) is 75.5 Å². The van der Waals surface area contributed by atoms with E-state index in [1.54, 1.807) is 6.33 Å². The molecule has 1 saturated heterocycles. The first-order chi connectivity index (χ1) is 17.4. The number of ether oxygens (including phenoxy) is 1. The largest absolute Gasteiger partial charge is 0.444 e. The van der Waals surface area contributed by atoms with Crippen LogP contribution in [0.3, 0.4) is 0 Å². The van der Waals surface area contributed by atoms with Crippen molar-refractivity contribution in [3.05, 3.63) is 39.7 Å². The quantitative estimate of drug-likeness (QED) is 0.313. The summed E-state index contributed by atoms with van der Waals surface area (Å²) < 4.78 is 7.58. The molecular formula is C29H37N5O2S. The van der Waals surface area contributed by atoms with Gasteiger partial charge in [0.25, 0.3) is 0 Å². The molecule has 2 unspecified atom stereocenters. The molecule has 1 amide bonds. The SMILES string of the molecule is Cc1c(-c2[nH]c3sc([C@@H]4CC5CC4CN5C(=O)OC(C)(C)C)c(C)c3c2C(C)C)cn2ncnc2c1C. The number of thiophene rings is 1. The van der Waals surface area contributed by atoms with Crippen molar-refractivity contribution < 1.29 is 9.53 Å². The van der Waals surface area contributed by atoms with Crippen LogP contribution in [0.25, 0.3) is 27.1 Å². The van der Waals surface area contributed by atoms with Gasteiger partial charge in [-0.25, -0.2) is 14.3 Å². The minimum atomic E-state index is -0.457. The Labute approximate surface area is 222 Å². The molecule has 2 aliphatic rings. The van der Waals surface area contributed by atoms with Crippen LogP contribution in [0.5, 0.6) is 0 Å². The summed E-state index contributed by atoms with van der Waals surface area (Å²) in [4.78, 5) is 25.8. The highest BCUT2D eigenvalue weighted by Crippen LogP contribution is 2.53. The smallest absolute Gasteiger partial charge is 0.410 e. The number of likely N-dealkylation sites (tertiary alicyclic amines) is 1. The third-order valence-corrected chi connectivity index (χ3v) is 9.78. The van der Waals surface area contributed by atoms with E-state index < -0.39 is 5.60 Å². The lowest BCUT2D eigenvalue weighted by Crippen LogP contribution is -2.42. The van der Waals surface area contributed by atoms with E-state index in [-0.39, 0.29) is 12.1 Å². The minimum Gasteiger partial charge on any atom is -0.444 e. The number of nitrogens with zero attached hydrogens (tertiary/aromatic N) is 4. The number of pyridine rings is 1. The molecule has 6 rings (SSSR count). The number of aryl methyl sites for hydroxylation is 2. The van der Waals surface area contributed by atoms with Crippen molar-refractivity contribution in [3.63, 3.8) is 0 Å². The van der Waals surface area contributed by atoms with Gasteiger partial charge in [-0.15, -0.1) is 11.3 Å². The summed E-state index contributed by atoms with van der Waals surface area (Å²) in [7, 11) is 0. The number of rotatable bonds is 3. The molecule has 1 saturated carbocycles. The number of piperidine rings is 1. The first-order valence-corrected chi connectivity index (χ1v) is 14.2. The van der Waals surface area contributed by atoms with Gasteiger partial charge in [0.1, 0.15) is 16.8 Å². The van der Waals surface area contributed by atoms with Crippen LogP contribution in [0.15, 0.2) is 12.5 Å². The number of hydrogen-bond acceptors (Lipinski definition) is 5. The third kappa shape index (κ3) is 3.78. The maximum Gasteiger partial charge on any atom is 0.410 e. The summed E-state index contributed by atoms with van der Waals surface area (Å²) in [6.45, 7) is 17.8. The van der Waals surface area contributed by atoms with Gasteiger partial charge in [-0.1, -0.05) is 13.8 Å². The summed E-state index contributed by atoms with van der Waals surface area (Å²) in [5.74, 6) is 1.38. The van der Waals surface area contributed by atoms with E-state index in [0.29, 0.717) is 17.8 Å². The van der Waals surface area contributed by atoms with Crippen molar-refractivity contribution in [2.24, 2.45) is 5.92 Å². The maximum atomic E-state index is 12.8. The van der Waals surface area contributed by atoms with Crippen molar-refractivity contribution in [1.82, 2.24) is 24.5 Å². The Morgan fingerprint density at radius 1 is 1.16 bits per heavy atom. The Morgan fingerprint density at radius 2 is 1.92 bits per heavy atom. The van der Waals surface area contributed by atoms with Gasteiger partial charge in [-0.3, -0.25) is 0 Å². The number of H-pyrrole nitrogens is 1. The van der Waals surface area contributed by atoms with E-state index in [2.05, 4.69) is 55.9 Å². The number of nitrogens with one attached hydrogen (secondary N) is 1. The summed E-state index contributed by atoms with van der Waals surface area (Å²) in [6.07, 6.45) is 5.68. The lowest BCUT2D eigenvalue weighted by atomic mass is 9.88. The standard InChI is InChI=1S/C29H37N5O2S/c1-14(2)22-23-17(5)25(20-10-19-9-18(20)11-33(19)28(35)36-29(6,7)8)37-27(23)32-24(22)21-12-34-26(30-13-31-34)16(4)15(21)3/h12-14,18-20,32H,9-11H2,1-8H3/t18?,19?,20-/m1/s1. The molecule has 37 heavy (non-hydrogen) atoms. The molecule has 5 heterocycles. The van der Waals surface area contributed by atoms with Crippen LogP contribution in [0.2, 0.25) is 0 Å². The minimum absolute atomic E-state index is 0.157. The second kappa shape index (κ2) is 8.32. The molecule has 0 spiro atoms. The average molecular weight is 520 g/mol. The van der Waals surface area contributed by atoms with Gasteiger partial charge in [0.05, 0.1) is 5.69 Å². The second-order valence-corrected chi connectivity index (χ2v) is 13.4. The number of hydrogen-bond donors (Lipinski definition) is 1. The van der Waals surface area contributed by atoms with Gasteiger partial charge in [0.2, 0.25) is 0 Å². The third-order valence-electron chi connectivity index (χ3n) is 8.44. The average Bonchev–Trinajstić information content (AvgIpc) is 3.61. The number of carbonyl (C=O) groups is 1. The van der Waals surface area contributed by atoms with Crippen LogP contribution in [-0.2, 0) is 4.74 Å². The molecule has 3 atom stereocenters. The summed E-state index contributed by atoms with van der Waals surface area (Å²) in [5, 5.41) is 5.81. The Hall–Kier alpha value is -2.87. The van der Waals surface area contributed by atoms with E-state index >= 15 is 0 Å². The predicted octanol–water partition coefficient (Wildman–Crippen LogP) is 7.10. The van der Waals surface area contributed by atoms with Crippen LogP contribution >= 0.6 is 11.3 Å². The van der Waals surface area contributed by atoms with Crippen LogP contribution < -0.4 is 0 Å². The lowest BCUT2D eigenvalue weighted by molar-refractivity contribution is 0.0181. The predicted molar refractivity (Wildman–Crippen MR) is 149 cm³/mol. The Balaban J connectivity index is 1.37. The summed E-state index contributed by atoms with van der Waals surface area (Å²) in [6, 6.07) is 0.282. The van der Waals surface area contributed by atoms with Crippen molar-refractivity contribution in [1.29, 1.82) is 0 Å². The monoisotopic (exact) mass is 519 g/mol. The van der Waals surface area contributed by atoms with Crippen LogP contribution in [-0.4, -0.2) is 48.8 Å². The Kier molecular flexibility index (Phi) is 5.50. The number of fused-ring (bicyclic) bond motifs is 4. The molecule has 4 aromatic rings. The first-order valence-electron chi connectivity index (χ1n) is 13.4. The molecule has 2 bridgehead atoms. The molecule has 8 heteroatoms. The molecular weight excluding hydrogens is 482 g/mol. The molecule has 196 valence electrons. The van der Waals surface area contributed by atoms with Crippen LogP contribution in [0, 0.1) is 26.7 Å². The van der Waals surface area contributed by atoms with Gasteiger partial charge in [-0.05, 0) is 88.5 Å². The number of amides is 1. The van der Waals surface area contributed by atoms with E-state index in [1.807, 2.05) is 41.5 Å². The highest BCUT2D eigenvalue weighted by Gasteiger charge is 2.49. The van der Waals surface area contributed by atoms with Crippen molar-refractivity contribution in [3.8, 4) is 11.3 Å². The fourth-order valence-electron chi connectivity index (χ4n) is 6.67. The fourth-order valence-corrected chi connectivity index (χ4v) is 8.10. The highest BCUT2D eigenvalue weighted by molar-refractivity contribution is 7.19. The van der Waals surface area contributed by atoms with Gasteiger partial charge >= 0.3 is 6.09 Å². The zero-order valence-corrected chi connectivity index (χ0v) is 23.9. The van der Waals surface area contributed by atoms with E-state index in [4.69, 9.17) is 4.74 Å². The maximum absolute atomic E-state index is 12.8. The van der Waals surface area contributed by atoms with Crippen molar-refractivity contribution in [2.75, 3.05) is 6.54 Å². The number of aromatic amines is 1. The Morgan fingerprint density at radius 3 is 2.57 bits per heavy atom.